The number of hydrogen-bond acceptors (Lipinski definition) is 4. The average Bonchev–Trinajstić information content (AvgIpc) is 3.00. The van der Waals surface area contributed by atoms with Crippen LogP contribution in [0.4, 0.5) is 0 Å². The van der Waals surface area contributed by atoms with Crippen molar-refractivity contribution in [3.8, 4) is 11.1 Å². The van der Waals surface area contributed by atoms with Crippen LogP contribution in [0.5, 0.6) is 0 Å². The lowest BCUT2D eigenvalue weighted by molar-refractivity contribution is 0.275. The fourth-order valence-electron chi connectivity index (χ4n) is 2.73. The monoisotopic (exact) mass is 315 g/mol. The summed E-state index contributed by atoms with van der Waals surface area (Å²) in [5, 5.41) is 11.6. The van der Waals surface area contributed by atoms with Gasteiger partial charge in [0.15, 0.2) is 0 Å². The molecule has 0 saturated heterocycles. The predicted molar refractivity (Wildman–Crippen MR) is 87.2 cm³/mol. The van der Waals surface area contributed by atoms with Crippen molar-refractivity contribution >= 4 is 45.7 Å². The molecule has 1 aliphatic rings. The summed E-state index contributed by atoms with van der Waals surface area (Å²) in [6.45, 7) is 2.40. The molecule has 0 bridgehead atoms. The maximum absolute atomic E-state index is 9.88. The van der Waals surface area contributed by atoms with E-state index in [0.717, 1.165) is 37.4 Å². The summed E-state index contributed by atoms with van der Waals surface area (Å²) in [5.41, 5.74) is 4.56. The van der Waals surface area contributed by atoms with Crippen molar-refractivity contribution in [2.75, 3.05) is 0 Å². The molecule has 3 nitrogen and oxygen atoms in total. The molecule has 1 aliphatic heterocycles. The van der Waals surface area contributed by atoms with E-state index in [1.165, 1.54) is 0 Å². The summed E-state index contributed by atoms with van der Waals surface area (Å²) in [6, 6.07) is 9.87. The molecule has 0 spiro atoms. The molecule has 2 heterocycles. The lowest BCUT2D eigenvalue weighted by Crippen LogP contribution is -2.28. The third-order valence-electron chi connectivity index (χ3n) is 3.71. The molecule has 6 heteroatoms. The van der Waals surface area contributed by atoms with Crippen LogP contribution in [-0.2, 0) is 11.3 Å². The number of hydrogen-bond donors (Lipinski definition) is 1. The molecule has 0 aliphatic carbocycles. The summed E-state index contributed by atoms with van der Waals surface area (Å²) >= 11 is 8.10. The molecule has 0 saturated carbocycles. The van der Waals surface area contributed by atoms with Crippen molar-refractivity contribution in [3.05, 3.63) is 45.9 Å². The van der Waals surface area contributed by atoms with Gasteiger partial charge in [-0.25, -0.2) is 4.98 Å². The topological polar surface area (TPSA) is 42.4 Å². The third-order valence-corrected chi connectivity index (χ3v) is 4.96. The van der Waals surface area contributed by atoms with E-state index in [4.69, 9.17) is 16.3 Å². The van der Waals surface area contributed by atoms with E-state index in [0.29, 0.717) is 11.6 Å². The minimum Gasteiger partial charge on any atom is -0.423 e. The fourth-order valence-corrected chi connectivity index (χ4v) is 3.87. The number of aromatic nitrogens is 1. The van der Waals surface area contributed by atoms with Crippen LogP contribution in [0.25, 0.3) is 21.3 Å². The third kappa shape index (κ3) is 2.08. The summed E-state index contributed by atoms with van der Waals surface area (Å²) in [4.78, 5) is 4.61. The molecule has 1 aromatic heterocycles. The van der Waals surface area contributed by atoms with Crippen LogP contribution >= 0.6 is 22.9 Å². The van der Waals surface area contributed by atoms with Crippen LogP contribution in [0.15, 0.2) is 30.3 Å². The number of fused-ring (bicyclic) bond motifs is 2. The fraction of sp³-hybridized carbons (Fsp3) is 0.133. The Balaban J connectivity index is 1.99. The molecule has 0 atom stereocenters. The van der Waals surface area contributed by atoms with E-state index in [-0.39, 0.29) is 0 Å². The van der Waals surface area contributed by atoms with Gasteiger partial charge in [-0.1, -0.05) is 29.8 Å². The van der Waals surface area contributed by atoms with Gasteiger partial charge in [0.05, 0.1) is 21.8 Å². The van der Waals surface area contributed by atoms with Gasteiger partial charge in [-0.3, -0.25) is 0 Å². The van der Waals surface area contributed by atoms with Gasteiger partial charge < -0.3 is 9.68 Å². The van der Waals surface area contributed by atoms with E-state index < -0.39 is 7.12 Å². The second-order valence-electron chi connectivity index (χ2n) is 5.08. The zero-order valence-electron chi connectivity index (χ0n) is 11.3. The molecular formula is C15H11BClNO2S. The van der Waals surface area contributed by atoms with E-state index in [2.05, 4.69) is 11.1 Å². The van der Waals surface area contributed by atoms with Gasteiger partial charge in [0, 0.05) is 16.1 Å². The Labute approximate surface area is 131 Å². The van der Waals surface area contributed by atoms with E-state index >= 15 is 0 Å². The second kappa shape index (κ2) is 4.82. The minimum atomic E-state index is -0.868. The van der Waals surface area contributed by atoms with Crippen LogP contribution in [0.1, 0.15) is 10.6 Å². The zero-order valence-corrected chi connectivity index (χ0v) is 12.8. The van der Waals surface area contributed by atoms with Crippen molar-refractivity contribution in [1.82, 2.24) is 4.98 Å². The number of halogens is 1. The van der Waals surface area contributed by atoms with Crippen LogP contribution in [0.3, 0.4) is 0 Å². The van der Waals surface area contributed by atoms with Gasteiger partial charge in [-0.05, 0) is 30.1 Å². The highest BCUT2D eigenvalue weighted by Gasteiger charge is 2.29. The summed E-state index contributed by atoms with van der Waals surface area (Å²) in [5.74, 6) is 0. The molecule has 104 valence electrons. The Morgan fingerprint density at radius 3 is 3.05 bits per heavy atom. The van der Waals surface area contributed by atoms with Crippen molar-refractivity contribution < 1.29 is 9.68 Å². The quantitative estimate of drug-likeness (QED) is 0.702. The van der Waals surface area contributed by atoms with E-state index in [9.17, 15) is 5.02 Å². The van der Waals surface area contributed by atoms with Gasteiger partial charge in [-0.2, -0.15) is 0 Å². The lowest BCUT2D eigenvalue weighted by atomic mass is 9.78. The van der Waals surface area contributed by atoms with E-state index in [1.54, 1.807) is 11.3 Å². The smallest absolute Gasteiger partial charge is 0.423 e. The highest BCUT2D eigenvalue weighted by atomic mass is 35.5. The molecular weight excluding hydrogens is 305 g/mol. The van der Waals surface area contributed by atoms with Crippen molar-refractivity contribution in [2.24, 2.45) is 0 Å². The van der Waals surface area contributed by atoms with Crippen molar-refractivity contribution in [3.63, 3.8) is 0 Å². The maximum Gasteiger partial charge on any atom is 0.491 e. The average molecular weight is 316 g/mol. The Kier molecular flexibility index (Phi) is 3.05. The van der Waals surface area contributed by atoms with Crippen molar-refractivity contribution in [1.29, 1.82) is 0 Å². The Morgan fingerprint density at radius 1 is 1.33 bits per heavy atom. The summed E-state index contributed by atoms with van der Waals surface area (Å²) in [6.07, 6.45) is 0. The van der Waals surface area contributed by atoms with Crippen LogP contribution in [0, 0.1) is 6.92 Å². The molecule has 4 rings (SSSR count). The number of benzene rings is 2. The molecule has 0 unspecified atom stereocenters. The molecule has 0 radical (unpaired) electrons. The van der Waals surface area contributed by atoms with Gasteiger partial charge in [0.2, 0.25) is 0 Å². The summed E-state index contributed by atoms with van der Waals surface area (Å²) < 4.78 is 6.38. The van der Waals surface area contributed by atoms with Crippen LogP contribution in [0.2, 0.25) is 5.02 Å². The van der Waals surface area contributed by atoms with Crippen molar-refractivity contribution in [2.45, 2.75) is 13.5 Å². The Morgan fingerprint density at radius 2 is 2.19 bits per heavy atom. The Bertz CT molecular complexity index is 864. The molecule has 0 amide bonds. The largest absolute Gasteiger partial charge is 0.491 e. The van der Waals surface area contributed by atoms with E-state index in [1.807, 2.05) is 31.2 Å². The first-order valence-electron chi connectivity index (χ1n) is 6.62. The molecule has 21 heavy (non-hydrogen) atoms. The highest BCUT2D eigenvalue weighted by molar-refractivity contribution is 7.18. The van der Waals surface area contributed by atoms with Gasteiger partial charge >= 0.3 is 7.12 Å². The van der Waals surface area contributed by atoms with Crippen LogP contribution < -0.4 is 5.46 Å². The molecule has 1 N–H and O–H groups in total. The normalized spacial score (nSPS) is 14.0. The maximum atomic E-state index is 9.88. The lowest BCUT2D eigenvalue weighted by Gasteiger charge is -2.08. The number of aryl methyl sites for hydroxylation is 1. The van der Waals surface area contributed by atoms with Gasteiger partial charge in [0.1, 0.15) is 0 Å². The van der Waals surface area contributed by atoms with Gasteiger partial charge in [-0.15, -0.1) is 11.3 Å². The SMILES string of the molecule is Cc1nc2c(-c3cc4c(cc3Cl)COB4O)cccc2s1. The minimum absolute atomic E-state index is 0.399. The number of thiazole rings is 1. The second-order valence-corrected chi connectivity index (χ2v) is 6.72. The number of nitrogens with zero attached hydrogens (tertiary/aromatic N) is 1. The summed E-state index contributed by atoms with van der Waals surface area (Å²) in [7, 11) is -0.868. The highest BCUT2D eigenvalue weighted by Crippen LogP contribution is 2.35. The standard InChI is InChI=1S/C15H11BClNO2S/c1-8-18-15-10(3-2-4-14(15)21-8)11-6-12-9(5-13(11)17)7-20-16(12)19/h2-6,19H,7H2,1H3. The first kappa shape index (κ1) is 13.3. The first-order valence-corrected chi connectivity index (χ1v) is 7.81. The first-order chi connectivity index (χ1) is 10.1. The van der Waals surface area contributed by atoms with Gasteiger partial charge in [0.25, 0.3) is 0 Å². The molecule has 3 aromatic rings. The molecule has 2 aromatic carbocycles. The Hall–Kier alpha value is -1.40. The number of para-hydroxylation sites is 1. The molecule has 0 fully saturated rings. The zero-order chi connectivity index (χ0) is 14.6. The van der Waals surface area contributed by atoms with Crippen LogP contribution in [-0.4, -0.2) is 17.1 Å². The predicted octanol–water partition coefficient (Wildman–Crippen LogP) is 3.14. The number of rotatable bonds is 1.